The van der Waals surface area contributed by atoms with Crippen molar-refractivity contribution >= 4 is 49.0 Å². The largest absolute Gasteiger partial charge is 0.288 e. The average Bonchev–Trinajstić information content (AvgIpc) is 2.62. The topological polar surface area (TPSA) is 17.1 Å². The molecule has 1 nitrogen and oxygen atoms in total. The molecule has 0 saturated heterocycles. The molecule has 0 saturated carbocycles. The van der Waals surface area contributed by atoms with Crippen LogP contribution in [0, 0.1) is 11.6 Å². The minimum absolute atomic E-state index is 0.130. The maximum atomic E-state index is 13.0. The van der Waals surface area contributed by atoms with E-state index in [1.807, 2.05) is 0 Å². The molecule has 0 N–H and O–H groups in total. The van der Waals surface area contributed by atoms with Gasteiger partial charge in [0.25, 0.3) is 0 Å². The summed E-state index contributed by atoms with van der Waals surface area (Å²) in [4.78, 5) is 12.4. The van der Waals surface area contributed by atoms with Crippen molar-refractivity contribution < 1.29 is 13.6 Å². The number of carbonyl (C=O) groups excluding carboxylic acids is 1. The van der Waals surface area contributed by atoms with Gasteiger partial charge in [-0.3, -0.25) is 4.79 Å². The highest BCUT2D eigenvalue weighted by atomic mass is 79.9. The Kier molecular flexibility index (Phi) is 3.75. The first-order valence-electron chi connectivity index (χ1n) is 4.43. The van der Waals surface area contributed by atoms with Gasteiger partial charge in [0.15, 0.2) is 11.6 Å². The van der Waals surface area contributed by atoms with Gasteiger partial charge in [0.05, 0.1) is 8.66 Å². The van der Waals surface area contributed by atoms with Crippen LogP contribution < -0.4 is 0 Å². The van der Waals surface area contributed by atoms with Crippen LogP contribution in [0.15, 0.2) is 32.5 Å². The monoisotopic (exact) mass is 380 g/mol. The summed E-state index contributed by atoms with van der Waals surface area (Å²) in [5.41, 5.74) is 0.130. The van der Waals surface area contributed by atoms with E-state index in [1.165, 1.54) is 17.4 Å². The van der Waals surface area contributed by atoms with Crippen LogP contribution in [0.4, 0.5) is 8.78 Å². The molecule has 0 atom stereocenters. The molecule has 17 heavy (non-hydrogen) atoms. The van der Waals surface area contributed by atoms with E-state index in [4.69, 9.17) is 0 Å². The predicted octanol–water partition coefficient (Wildman–Crippen LogP) is 4.78. The van der Waals surface area contributed by atoms with Crippen molar-refractivity contribution in [3.05, 3.63) is 54.6 Å². The number of ketones is 1. The van der Waals surface area contributed by atoms with Crippen molar-refractivity contribution in [3.8, 4) is 0 Å². The third kappa shape index (κ3) is 2.64. The van der Waals surface area contributed by atoms with Crippen molar-refractivity contribution in [3.63, 3.8) is 0 Å². The Morgan fingerprint density at radius 2 is 1.82 bits per heavy atom. The Balaban J connectivity index is 2.40. The quantitative estimate of drug-likeness (QED) is 0.684. The Labute approximate surface area is 117 Å². The lowest BCUT2D eigenvalue weighted by molar-refractivity contribution is 0.104. The van der Waals surface area contributed by atoms with E-state index in [1.54, 1.807) is 6.07 Å². The highest BCUT2D eigenvalue weighted by molar-refractivity contribution is 9.13. The number of halogens is 4. The summed E-state index contributed by atoms with van der Waals surface area (Å²) in [5.74, 6) is -2.32. The van der Waals surface area contributed by atoms with Gasteiger partial charge < -0.3 is 0 Å². The number of thiophene rings is 1. The molecule has 0 aliphatic heterocycles. The van der Waals surface area contributed by atoms with Gasteiger partial charge >= 0.3 is 0 Å². The van der Waals surface area contributed by atoms with Crippen molar-refractivity contribution in [2.75, 3.05) is 0 Å². The summed E-state index contributed by atoms with van der Waals surface area (Å²) in [5, 5.41) is 0. The highest BCUT2D eigenvalue weighted by Crippen LogP contribution is 2.33. The SMILES string of the molecule is O=C(c1ccc(F)c(F)c1)c1cc(Br)c(Br)s1. The molecular weight excluding hydrogens is 378 g/mol. The molecule has 2 aromatic rings. The fourth-order valence-corrected chi connectivity index (χ4v) is 3.24. The molecule has 0 fully saturated rings. The second-order valence-electron chi connectivity index (χ2n) is 3.19. The minimum Gasteiger partial charge on any atom is -0.288 e. The van der Waals surface area contributed by atoms with Crippen LogP contribution in [0.2, 0.25) is 0 Å². The second-order valence-corrected chi connectivity index (χ2v) is 6.41. The number of rotatable bonds is 2. The zero-order valence-electron chi connectivity index (χ0n) is 8.14. The molecule has 0 aliphatic carbocycles. The third-order valence-corrected chi connectivity index (χ3v) is 5.31. The van der Waals surface area contributed by atoms with E-state index in [2.05, 4.69) is 31.9 Å². The van der Waals surface area contributed by atoms with Gasteiger partial charge in [0, 0.05) is 10.0 Å². The normalized spacial score (nSPS) is 10.6. The summed E-state index contributed by atoms with van der Waals surface area (Å²) < 4.78 is 27.3. The highest BCUT2D eigenvalue weighted by Gasteiger charge is 2.15. The van der Waals surface area contributed by atoms with Gasteiger partial charge in [-0.15, -0.1) is 11.3 Å². The Morgan fingerprint density at radius 1 is 1.12 bits per heavy atom. The van der Waals surface area contributed by atoms with Gasteiger partial charge in [-0.25, -0.2) is 8.78 Å². The summed E-state index contributed by atoms with van der Waals surface area (Å²) in [6.45, 7) is 0. The van der Waals surface area contributed by atoms with Crippen LogP contribution in [0.1, 0.15) is 15.2 Å². The van der Waals surface area contributed by atoms with Crippen LogP contribution in [-0.4, -0.2) is 5.78 Å². The van der Waals surface area contributed by atoms with Crippen molar-refractivity contribution in [2.24, 2.45) is 0 Å². The van der Waals surface area contributed by atoms with Crippen molar-refractivity contribution in [2.45, 2.75) is 0 Å². The molecule has 0 spiro atoms. The molecule has 2 rings (SSSR count). The number of hydrogen-bond donors (Lipinski definition) is 0. The van der Waals surface area contributed by atoms with E-state index in [9.17, 15) is 13.6 Å². The predicted molar refractivity (Wildman–Crippen MR) is 69.5 cm³/mol. The molecule has 0 unspecified atom stereocenters. The van der Waals surface area contributed by atoms with E-state index >= 15 is 0 Å². The first kappa shape index (κ1) is 12.9. The third-order valence-electron chi connectivity index (χ3n) is 2.05. The van der Waals surface area contributed by atoms with Crippen LogP contribution >= 0.6 is 43.2 Å². The molecule has 0 radical (unpaired) electrons. The van der Waals surface area contributed by atoms with Gasteiger partial charge in [-0.05, 0) is 56.1 Å². The van der Waals surface area contributed by atoms with Crippen LogP contribution in [-0.2, 0) is 0 Å². The molecule has 6 heteroatoms. The molecule has 0 bridgehead atoms. The minimum atomic E-state index is -1.02. The average molecular weight is 382 g/mol. The maximum Gasteiger partial charge on any atom is 0.203 e. The van der Waals surface area contributed by atoms with Gasteiger partial charge in [-0.2, -0.15) is 0 Å². The van der Waals surface area contributed by atoms with E-state index < -0.39 is 11.6 Å². The standard InChI is InChI=1S/C11H4Br2F2OS/c12-6-4-9(17-11(6)13)10(16)5-1-2-7(14)8(15)3-5/h1-4H. The lowest BCUT2D eigenvalue weighted by atomic mass is 10.1. The fraction of sp³-hybridized carbons (Fsp3) is 0. The van der Waals surface area contributed by atoms with E-state index in [-0.39, 0.29) is 11.3 Å². The number of hydrogen-bond acceptors (Lipinski definition) is 2. The molecule has 1 aromatic heterocycles. The van der Waals surface area contributed by atoms with Crippen molar-refractivity contribution in [1.29, 1.82) is 0 Å². The lowest BCUT2D eigenvalue weighted by Gasteiger charge is -1.98. The number of carbonyl (C=O) groups is 1. The summed E-state index contributed by atoms with van der Waals surface area (Å²) in [7, 11) is 0. The Bertz CT molecular complexity index is 576. The molecule has 1 heterocycles. The first-order valence-corrected chi connectivity index (χ1v) is 6.84. The number of benzene rings is 1. The van der Waals surface area contributed by atoms with E-state index in [0.717, 1.165) is 20.4 Å². The van der Waals surface area contributed by atoms with Crippen molar-refractivity contribution in [1.82, 2.24) is 0 Å². The molecule has 88 valence electrons. The molecule has 0 amide bonds. The summed E-state index contributed by atoms with van der Waals surface area (Å²) in [6.07, 6.45) is 0. The van der Waals surface area contributed by atoms with Crippen LogP contribution in [0.5, 0.6) is 0 Å². The zero-order chi connectivity index (χ0) is 12.6. The maximum absolute atomic E-state index is 13.0. The summed E-state index contributed by atoms with van der Waals surface area (Å²) in [6, 6.07) is 4.75. The zero-order valence-corrected chi connectivity index (χ0v) is 12.1. The van der Waals surface area contributed by atoms with Crippen LogP contribution in [0.3, 0.4) is 0 Å². The summed E-state index contributed by atoms with van der Waals surface area (Å²) >= 11 is 7.76. The Morgan fingerprint density at radius 3 is 2.35 bits per heavy atom. The molecule has 0 aliphatic rings. The lowest BCUT2D eigenvalue weighted by Crippen LogP contribution is -2.00. The van der Waals surface area contributed by atoms with Gasteiger partial charge in [0.2, 0.25) is 5.78 Å². The smallest absolute Gasteiger partial charge is 0.203 e. The van der Waals surface area contributed by atoms with Gasteiger partial charge in [-0.1, -0.05) is 0 Å². The van der Waals surface area contributed by atoms with Gasteiger partial charge in [0.1, 0.15) is 0 Å². The van der Waals surface area contributed by atoms with E-state index in [0.29, 0.717) is 4.88 Å². The molecule has 1 aromatic carbocycles. The first-order chi connectivity index (χ1) is 7.99. The fourth-order valence-electron chi connectivity index (χ4n) is 1.24. The van der Waals surface area contributed by atoms with Crippen LogP contribution in [0.25, 0.3) is 0 Å². The second kappa shape index (κ2) is 4.96. The Hall–Kier alpha value is -0.590. The molecular formula is C11H4Br2F2OS.